The van der Waals surface area contributed by atoms with E-state index in [1.807, 2.05) is 78.9 Å². The summed E-state index contributed by atoms with van der Waals surface area (Å²) in [6.07, 6.45) is 0. The molecule has 0 N–H and O–H groups in total. The monoisotopic (exact) mass is 649 g/mol. The van der Waals surface area contributed by atoms with Gasteiger partial charge < -0.3 is 4.57 Å². The van der Waals surface area contributed by atoms with Gasteiger partial charge in [0.25, 0.3) is 0 Å². The Bertz CT molecular complexity index is 3420. The minimum atomic E-state index is -0.955. The van der Waals surface area contributed by atoms with E-state index in [1.54, 1.807) is 30.3 Å². The Balaban J connectivity index is 1.34. The molecule has 0 amide bonds. The zero-order chi connectivity index (χ0) is 45.2. The van der Waals surface area contributed by atoms with Gasteiger partial charge in [-0.05, 0) is 104 Å². The SMILES string of the molecule is [2H]c1c([2H])c([2H])c2c(c1[2H])-c1c([2H])c(-c3c([2H])c([2H])c4c(c3[2H])c3c([2H])c([2H])c([2H])c([2H])c3n4-c3cc(-c4ccccc4)cc(-c4ccccc4)c3)c([2H])c([2H])c1C2c1ccccc1. The van der Waals surface area contributed by atoms with Crippen molar-refractivity contribution in [2.75, 3.05) is 0 Å². The largest absolute Gasteiger partial charge is 0.309 e. The zero-order valence-corrected chi connectivity index (χ0v) is 26.4. The molecule has 0 spiro atoms. The van der Waals surface area contributed by atoms with Crippen molar-refractivity contribution in [1.29, 1.82) is 0 Å². The van der Waals surface area contributed by atoms with Crippen molar-refractivity contribution in [2.24, 2.45) is 0 Å². The highest BCUT2D eigenvalue weighted by molar-refractivity contribution is 6.10. The number of nitrogens with zero attached hydrogens (tertiary/aromatic N) is 1. The lowest BCUT2D eigenvalue weighted by Gasteiger charge is -2.15. The highest BCUT2D eigenvalue weighted by atomic mass is 15.0. The van der Waals surface area contributed by atoms with Gasteiger partial charge in [0, 0.05) is 22.4 Å². The van der Waals surface area contributed by atoms with Crippen LogP contribution in [0.15, 0.2) is 194 Å². The molecule has 1 heterocycles. The number of hydrogen-bond donors (Lipinski definition) is 0. The Labute approximate surface area is 312 Å². The number of aromatic nitrogens is 1. The highest BCUT2D eigenvalue weighted by Gasteiger charge is 2.30. The molecule has 1 aliphatic carbocycles. The van der Waals surface area contributed by atoms with Crippen molar-refractivity contribution in [2.45, 2.75) is 5.92 Å². The topological polar surface area (TPSA) is 4.93 Å². The first-order chi connectivity index (χ1) is 30.6. The van der Waals surface area contributed by atoms with Gasteiger partial charge in [0.15, 0.2) is 0 Å². The maximum atomic E-state index is 9.92. The van der Waals surface area contributed by atoms with E-state index >= 15 is 0 Å². The molecule has 0 bridgehead atoms. The second kappa shape index (κ2) is 11.6. The summed E-state index contributed by atoms with van der Waals surface area (Å²) in [6, 6.07) is 26.4. The van der Waals surface area contributed by atoms with Crippen LogP contribution >= 0.6 is 0 Å². The summed E-state index contributed by atoms with van der Waals surface area (Å²) in [5.74, 6) is -0.955. The van der Waals surface area contributed by atoms with Gasteiger partial charge in [-0.2, -0.15) is 0 Å². The quantitative estimate of drug-likeness (QED) is 0.175. The van der Waals surface area contributed by atoms with E-state index in [2.05, 4.69) is 0 Å². The van der Waals surface area contributed by atoms with Crippen LogP contribution in [0.25, 0.3) is 72.0 Å². The molecule has 1 atom stereocenters. The van der Waals surface area contributed by atoms with E-state index in [1.165, 1.54) is 4.57 Å². The van der Waals surface area contributed by atoms with Gasteiger partial charge in [0.05, 0.1) is 30.2 Å². The first-order valence-electron chi connectivity index (χ1n) is 23.3. The molecule has 0 radical (unpaired) electrons. The maximum Gasteiger partial charge on any atom is 0.0645 e. The summed E-state index contributed by atoms with van der Waals surface area (Å²) >= 11 is 0. The molecule has 1 nitrogen and oxygen atoms in total. The number of para-hydroxylation sites is 1. The molecule has 1 unspecified atom stereocenters. The van der Waals surface area contributed by atoms with Crippen LogP contribution in [0.1, 0.15) is 41.8 Å². The van der Waals surface area contributed by atoms with Gasteiger partial charge in [-0.25, -0.2) is 0 Å². The van der Waals surface area contributed by atoms with Crippen LogP contribution in [-0.4, -0.2) is 4.57 Å². The molecule has 0 fully saturated rings. The Morgan fingerprint density at radius 2 is 1.00 bits per heavy atom. The fourth-order valence-corrected chi connectivity index (χ4v) is 7.05. The molecular weight excluding hydrogens is 603 g/mol. The van der Waals surface area contributed by atoms with Crippen LogP contribution in [0.4, 0.5) is 0 Å². The summed E-state index contributed by atoms with van der Waals surface area (Å²) in [5.41, 5.74) is 3.39. The third-order valence-electron chi connectivity index (χ3n) is 9.32. The molecule has 0 saturated heterocycles. The molecule has 9 aromatic rings. The smallest absolute Gasteiger partial charge is 0.0645 e. The molecule has 0 aliphatic heterocycles. The predicted octanol–water partition coefficient (Wildman–Crippen LogP) is 12.9. The summed E-state index contributed by atoms with van der Waals surface area (Å²) in [5, 5.41) is -0.235. The number of hydrogen-bond acceptors (Lipinski definition) is 0. The number of rotatable bonds is 5. The fourth-order valence-electron chi connectivity index (χ4n) is 7.05. The Morgan fingerprint density at radius 3 is 1.74 bits per heavy atom. The minimum Gasteiger partial charge on any atom is -0.309 e. The fraction of sp³-hybridized carbons (Fsp3) is 0.0204. The molecule has 1 aromatic heterocycles. The summed E-state index contributed by atoms with van der Waals surface area (Å²) < 4.78 is 131. The van der Waals surface area contributed by atoms with E-state index in [4.69, 9.17) is 8.22 Å². The maximum absolute atomic E-state index is 9.92. The lowest BCUT2D eigenvalue weighted by Crippen LogP contribution is -1.98. The molecule has 1 heteroatoms. The second-order valence-corrected chi connectivity index (χ2v) is 12.2. The Kier molecular flexibility index (Phi) is 4.14. The lowest BCUT2D eigenvalue weighted by atomic mass is 9.89. The Morgan fingerprint density at radius 1 is 0.420 bits per heavy atom. The van der Waals surface area contributed by atoms with Crippen LogP contribution in [0.2, 0.25) is 0 Å². The van der Waals surface area contributed by atoms with Crippen molar-refractivity contribution in [3.05, 3.63) is 210 Å². The minimum absolute atomic E-state index is 0.0296. The van der Waals surface area contributed by atoms with Gasteiger partial charge >= 0.3 is 0 Å². The van der Waals surface area contributed by atoms with E-state index < -0.39 is 90.0 Å². The molecule has 8 aromatic carbocycles. The van der Waals surface area contributed by atoms with E-state index in [0.717, 1.165) is 22.3 Å². The first-order valence-corrected chi connectivity index (χ1v) is 16.3. The van der Waals surface area contributed by atoms with Gasteiger partial charge in [-0.3, -0.25) is 0 Å². The summed E-state index contributed by atoms with van der Waals surface area (Å²) in [6.45, 7) is 0. The predicted molar refractivity (Wildman–Crippen MR) is 210 cm³/mol. The average Bonchev–Trinajstić information content (AvgIpc) is 3.88. The van der Waals surface area contributed by atoms with E-state index in [9.17, 15) is 11.0 Å². The van der Waals surface area contributed by atoms with Crippen molar-refractivity contribution in [3.63, 3.8) is 0 Å². The molecular formula is C49H33N. The Hall–Kier alpha value is -6.44. The zero-order valence-electron chi connectivity index (χ0n) is 40.4. The summed E-state index contributed by atoms with van der Waals surface area (Å²) in [4.78, 5) is 0. The standard InChI is InChI=1S/C49H33N/c1-4-14-33(15-5-1)38-28-39(34-16-6-2-7-17-34)30-40(29-38)50-47-23-13-12-21-42(47)46-32-37(25-27-48(46)50)36-24-26-44-45(31-36)41-20-10-11-22-43(41)49(44)35-18-8-3-9-19-35/h1-32,49H/i10D,11D,12D,13D,20D,21D,22D,23D,24D,25D,26D,27D,31D,32D. The van der Waals surface area contributed by atoms with Crippen LogP contribution < -0.4 is 0 Å². The first kappa shape index (κ1) is 17.8. The lowest BCUT2D eigenvalue weighted by molar-refractivity contribution is 1.02. The van der Waals surface area contributed by atoms with Crippen molar-refractivity contribution in [1.82, 2.24) is 4.57 Å². The molecule has 234 valence electrons. The molecule has 0 saturated carbocycles. The second-order valence-electron chi connectivity index (χ2n) is 12.2. The third-order valence-corrected chi connectivity index (χ3v) is 9.32. The molecule has 10 rings (SSSR count). The number of benzene rings is 8. The molecule has 50 heavy (non-hydrogen) atoms. The van der Waals surface area contributed by atoms with Gasteiger partial charge in [0.1, 0.15) is 0 Å². The van der Waals surface area contributed by atoms with E-state index in [0.29, 0.717) is 11.3 Å². The van der Waals surface area contributed by atoms with Gasteiger partial charge in [-0.15, -0.1) is 0 Å². The highest BCUT2D eigenvalue weighted by Crippen LogP contribution is 2.49. The van der Waals surface area contributed by atoms with Crippen molar-refractivity contribution in [3.8, 4) is 50.2 Å². The van der Waals surface area contributed by atoms with Crippen LogP contribution in [-0.2, 0) is 0 Å². The molecule has 1 aliphatic rings. The van der Waals surface area contributed by atoms with Crippen LogP contribution in [0, 0.1) is 0 Å². The van der Waals surface area contributed by atoms with Gasteiger partial charge in [-0.1, -0.05) is 151 Å². The summed E-state index contributed by atoms with van der Waals surface area (Å²) in [7, 11) is 0. The average molecular weight is 650 g/mol. The van der Waals surface area contributed by atoms with E-state index in [-0.39, 0.29) is 55.7 Å². The normalized spacial score (nSPS) is 17.3. The van der Waals surface area contributed by atoms with Crippen LogP contribution in [0.5, 0.6) is 0 Å². The number of fused-ring (bicyclic) bond motifs is 6. The van der Waals surface area contributed by atoms with Crippen molar-refractivity contribution < 1.29 is 19.2 Å². The van der Waals surface area contributed by atoms with Gasteiger partial charge in [0.2, 0.25) is 0 Å². The van der Waals surface area contributed by atoms with Crippen LogP contribution in [0.3, 0.4) is 0 Å². The third kappa shape index (κ3) is 4.63. The van der Waals surface area contributed by atoms with Crippen molar-refractivity contribution >= 4 is 21.8 Å².